The van der Waals surface area contributed by atoms with Crippen LogP contribution in [0.25, 0.3) is 0 Å². The molecule has 0 atom stereocenters. The molecular weight excluding hydrogens is 378 g/mol. The van der Waals surface area contributed by atoms with Crippen LogP contribution in [0.1, 0.15) is 33.2 Å². The minimum atomic E-state index is -0.319. The fourth-order valence-electron chi connectivity index (χ4n) is 3.58. The highest BCUT2D eigenvalue weighted by Gasteiger charge is 2.22. The van der Waals surface area contributed by atoms with E-state index in [2.05, 4.69) is 10.6 Å². The number of amides is 3. The summed E-state index contributed by atoms with van der Waals surface area (Å²) in [4.78, 5) is 38.8. The Morgan fingerprint density at radius 2 is 1.57 bits per heavy atom. The number of benzene rings is 3. The maximum atomic E-state index is 12.9. The average molecular weight is 399 g/mol. The highest BCUT2D eigenvalue weighted by Crippen LogP contribution is 2.31. The summed E-state index contributed by atoms with van der Waals surface area (Å²) >= 11 is 0. The van der Waals surface area contributed by atoms with Gasteiger partial charge in [-0.1, -0.05) is 30.3 Å². The number of fused-ring (bicyclic) bond motifs is 1. The van der Waals surface area contributed by atoms with E-state index in [1.54, 1.807) is 66.4 Å². The maximum Gasteiger partial charge on any atom is 0.257 e. The van der Waals surface area contributed by atoms with Crippen molar-refractivity contribution in [1.29, 1.82) is 0 Å². The summed E-state index contributed by atoms with van der Waals surface area (Å²) in [5.41, 5.74) is 3.87. The van der Waals surface area contributed by atoms with E-state index in [1.165, 1.54) is 0 Å². The van der Waals surface area contributed by atoms with Crippen molar-refractivity contribution < 1.29 is 14.4 Å². The summed E-state index contributed by atoms with van der Waals surface area (Å²) in [7, 11) is 0. The molecule has 0 radical (unpaired) electrons. The van der Waals surface area contributed by atoms with Crippen LogP contribution in [0.4, 0.5) is 17.1 Å². The van der Waals surface area contributed by atoms with Gasteiger partial charge in [-0.15, -0.1) is 0 Å². The molecule has 150 valence electrons. The van der Waals surface area contributed by atoms with Gasteiger partial charge in [-0.2, -0.15) is 0 Å². The van der Waals surface area contributed by atoms with Crippen LogP contribution in [-0.4, -0.2) is 24.3 Å². The largest absolute Gasteiger partial charge is 0.322 e. The van der Waals surface area contributed by atoms with Crippen LogP contribution >= 0.6 is 0 Å². The normalized spacial score (nSPS) is 12.2. The van der Waals surface area contributed by atoms with Crippen LogP contribution in [0.2, 0.25) is 0 Å². The molecule has 6 heteroatoms. The Balaban J connectivity index is 1.52. The molecule has 0 aromatic heterocycles. The lowest BCUT2D eigenvalue weighted by atomic mass is 10.1. The molecule has 1 aliphatic rings. The Hall–Kier alpha value is -3.93. The minimum Gasteiger partial charge on any atom is -0.322 e. The van der Waals surface area contributed by atoms with Crippen molar-refractivity contribution in [3.63, 3.8) is 0 Å². The predicted molar refractivity (Wildman–Crippen MR) is 117 cm³/mol. The molecule has 1 aliphatic heterocycles. The van der Waals surface area contributed by atoms with Crippen molar-refractivity contribution in [3.8, 4) is 0 Å². The molecule has 1 heterocycles. The molecule has 30 heavy (non-hydrogen) atoms. The molecule has 2 N–H and O–H groups in total. The van der Waals surface area contributed by atoms with Gasteiger partial charge in [0.05, 0.1) is 11.3 Å². The highest BCUT2D eigenvalue weighted by molar-refractivity contribution is 6.12. The molecule has 0 bridgehead atoms. The Bertz CT molecular complexity index is 1130. The van der Waals surface area contributed by atoms with Crippen molar-refractivity contribution >= 4 is 34.8 Å². The minimum absolute atomic E-state index is 0.00798. The fraction of sp³-hybridized carbons (Fsp3) is 0.125. The summed E-state index contributed by atoms with van der Waals surface area (Å²) in [5.74, 6) is -0.591. The summed E-state index contributed by atoms with van der Waals surface area (Å²) in [5, 5.41) is 5.70. The molecule has 0 saturated carbocycles. The van der Waals surface area contributed by atoms with Gasteiger partial charge in [0.1, 0.15) is 0 Å². The van der Waals surface area contributed by atoms with E-state index in [1.807, 2.05) is 18.2 Å². The third-order valence-corrected chi connectivity index (χ3v) is 5.07. The molecular formula is C24H21N3O3. The van der Waals surface area contributed by atoms with E-state index >= 15 is 0 Å². The van der Waals surface area contributed by atoms with Gasteiger partial charge in [-0.3, -0.25) is 14.4 Å². The van der Waals surface area contributed by atoms with E-state index in [0.29, 0.717) is 29.0 Å². The fourth-order valence-corrected chi connectivity index (χ4v) is 3.58. The number of hydrogen-bond donors (Lipinski definition) is 2. The molecule has 0 spiro atoms. The number of nitrogens with one attached hydrogen (secondary N) is 2. The van der Waals surface area contributed by atoms with Crippen molar-refractivity contribution in [2.24, 2.45) is 0 Å². The second kappa shape index (κ2) is 8.21. The molecule has 3 amide bonds. The Labute approximate surface area is 174 Å². The zero-order chi connectivity index (χ0) is 21.1. The number of nitrogens with zero attached hydrogens (tertiary/aromatic N) is 1. The van der Waals surface area contributed by atoms with Gasteiger partial charge in [0.15, 0.2) is 0 Å². The Morgan fingerprint density at radius 3 is 2.33 bits per heavy atom. The van der Waals surface area contributed by atoms with E-state index in [0.717, 1.165) is 17.7 Å². The van der Waals surface area contributed by atoms with Crippen LogP contribution in [-0.2, 0) is 11.2 Å². The quantitative estimate of drug-likeness (QED) is 0.693. The van der Waals surface area contributed by atoms with Crippen LogP contribution in [0, 0.1) is 0 Å². The standard InChI is InChI=1S/C24H21N3O3/c1-16(28)27-14-13-18-15-19(11-12-22(18)27)25-24(30)20-9-5-6-10-21(20)26-23(29)17-7-3-2-4-8-17/h2-12,15H,13-14H2,1H3,(H,25,30)(H,26,29). The van der Waals surface area contributed by atoms with Crippen LogP contribution < -0.4 is 15.5 Å². The smallest absolute Gasteiger partial charge is 0.257 e. The number of rotatable bonds is 4. The first kappa shape index (κ1) is 19.4. The van der Waals surface area contributed by atoms with Crippen molar-refractivity contribution in [1.82, 2.24) is 0 Å². The number of para-hydroxylation sites is 1. The maximum absolute atomic E-state index is 12.9. The van der Waals surface area contributed by atoms with Crippen molar-refractivity contribution in [2.45, 2.75) is 13.3 Å². The molecule has 0 aliphatic carbocycles. The second-order valence-electron chi connectivity index (χ2n) is 7.08. The summed E-state index contributed by atoms with van der Waals surface area (Å²) in [6, 6.07) is 21.2. The van der Waals surface area contributed by atoms with E-state index < -0.39 is 0 Å². The summed E-state index contributed by atoms with van der Waals surface area (Å²) in [6.07, 6.45) is 0.752. The highest BCUT2D eigenvalue weighted by atomic mass is 16.2. The Kier molecular flexibility index (Phi) is 5.30. The van der Waals surface area contributed by atoms with Gasteiger partial charge in [-0.25, -0.2) is 0 Å². The number of carbonyl (C=O) groups is 3. The van der Waals surface area contributed by atoms with Crippen LogP contribution in [0.15, 0.2) is 72.8 Å². The lowest BCUT2D eigenvalue weighted by Crippen LogP contribution is -2.25. The summed E-state index contributed by atoms with van der Waals surface area (Å²) < 4.78 is 0. The number of anilines is 3. The molecule has 4 rings (SSSR count). The zero-order valence-electron chi connectivity index (χ0n) is 16.5. The number of hydrogen-bond acceptors (Lipinski definition) is 3. The molecule has 0 unspecified atom stereocenters. The van der Waals surface area contributed by atoms with Gasteiger partial charge in [0, 0.05) is 30.4 Å². The van der Waals surface area contributed by atoms with E-state index in [4.69, 9.17) is 0 Å². The molecule has 6 nitrogen and oxygen atoms in total. The molecule has 0 fully saturated rings. The van der Waals surface area contributed by atoms with Crippen molar-refractivity contribution in [3.05, 3.63) is 89.5 Å². The van der Waals surface area contributed by atoms with E-state index in [9.17, 15) is 14.4 Å². The van der Waals surface area contributed by atoms with Gasteiger partial charge in [0.25, 0.3) is 11.8 Å². The topological polar surface area (TPSA) is 78.5 Å². The van der Waals surface area contributed by atoms with E-state index in [-0.39, 0.29) is 17.7 Å². The van der Waals surface area contributed by atoms with Gasteiger partial charge in [-0.05, 0) is 54.4 Å². The third-order valence-electron chi connectivity index (χ3n) is 5.07. The molecule has 3 aromatic carbocycles. The summed E-state index contributed by atoms with van der Waals surface area (Å²) in [6.45, 7) is 2.20. The lowest BCUT2D eigenvalue weighted by molar-refractivity contribution is -0.116. The third kappa shape index (κ3) is 3.93. The van der Waals surface area contributed by atoms with Crippen molar-refractivity contribution in [2.75, 3.05) is 22.1 Å². The first-order valence-corrected chi connectivity index (χ1v) is 9.71. The molecule has 3 aromatic rings. The number of carbonyl (C=O) groups excluding carboxylic acids is 3. The Morgan fingerprint density at radius 1 is 0.833 bits per heavy atom. The monoisotopic (exact) mass is 399 g/mol. The molecule has 0 saturated heterocycles. The van der Waals surface area contributed by atoms with Gasteiger partial charge in [0.2, 0.25) is 5.91 Å². The SMILES string of the molecule is CC(=O)N1CCc2cc(NC(=O)c3ccccc3NC(=O)c3ccccc3)ccc21. The average Bonchev–Trinajstić information content (AvgIpc) is 3.18. The lowest BCUT2D eigenvalue weighted by Gasteiger charge is -2.15. The van der Waals surface area contributed by atoms with Gasteiger partial charge < -0.3 is 15.5 Å². The first-order chi connectivity index (χ1) is 14.5. The predicted octanol–water partition coefficient (Wildman–Crippen LogP) is 4.10. The van der Waals surface area contributed by atoms with Crippen LogP contribution in [0.3, 0.4) is 0 Å². The van der Waals surface area contributed by atoms with Gasteiger partial charge >= 0.3 is 0 Å². The second-order valence-corrected chi connectivity index (χ2v) is 7.08. The van der Waals surface area contributed by atoms with Crippen LogP contribution in [0.5, 0.6) is 0 Å². The zero-order valence-corrected chi connectivity index (χ0v) is 16.5. The first-order valence-electron chi connectivity index (χ1n) is 9.71.